The van der Waals surface area contributed by atoms with Crippen molar-refractivity contribution in [2.24, 2.45) is 0 Å². The van der Waals surface area contributed by atoms with Gasteiger partial charge in [0.2, 0.25) is 6.29 Å². The molecular weight excluding hydrogens is 296 g/mol. The highest BCUT2D eigenvalue weighted by Crippen LogP contribution is 2.14. The lowest BCUT2D eigenvalue weighted by atomic mass is 10.1. The molecule has 0 radical (unpaired) electrons. The quantitative estimate of drug-likeness (QED) is 0.280. The molecule has 0 aliphatic carbocycles. The SMILES string of the molecule is CCCCCCCC(OC(=O)C(C)S)OC(=O)C(C)S. The van der Waals surface area contributed by atoms with Gasteiger partial charge in [-0.1, -0.05) is 32.6 Å². The molecule has 0 heterocycles. The molecule has 118 valence electrons. The highest BCUT2D eigenvalue weighted by molar-refractivity contribution is 7.82. The summed E-state index contributed by atoms with van der Waals surface area (Å²) in [5, 5.41) is -1.07. The fourth-order valence-corrected chi connectivity index (χ4v) is 1.63. The van der Waals surface area contributed by atoms with Crippen LogP contribution < -0.4 is 0 Å². The number of hydrogen-bond donors (Lipinski definition) is 2. The molecule has 0 aromatic heterocycles. The van der Waals surface area contributed by atoms with E-state index in [-0.39, 0.29) is 0 Å². The number of thiol groups is 2. The lowest BCUT2D eigenvalue weighted by molar-refractivity contribution is -0.188. The molecule has 0 aliphatic heterocycles. The van der Waals surface area contributed by atoms with Gasteiger partial charge in [-0.3, -0.25) is 9.59 Å². The highest BCUT2D eigenvalue weighted by Gasteiger charge is 2.22. The zero-order valence-electron chi connectivity index (χ0n) is 12.5. The van der Waals surface area contributed by atoms with Crippen LogP contribution in [0.1, 0.15) is 59.3 Å². The third-order valence-corrected chi connectivity index (χ3v) is 3.14. The Balaban J connectivity index is 4.24. The first-order valence-corrected chi connectivity index (χ1v) is 8.18. The molecule has 0 bridgehead atoms. The number of carbonyl (C=O) groups is 2. The van der Waals surface area contributed by atoms with Crippen molar-refractivity contribution >= 4 is 37.2 Å². The van der Waals surface area contributed by atoms with Crippen LogP contribution in [0.15, 0.2) is 0 Å². The Morgan fingerprint density at radius 1 is 0.900 bits per heavy atom. The van der Waals surface area contributed by atoms with Gasteiger partial charge in [-0.25, -0.2) is 0 Å². The summed E-state index contributed by atoms with van der Waals surface area (Å²) in [6.45, 7) is 5.38. The minimum absolute atomic E-state index is 0.480. The van der Waals surface area contributed by atoms with E-state index in [1.54, 1.807) is 13.8 Å². The van der Waals surface area contributed by atoms with E-state index >= 15 is 0 Å². The van der Waals surface area contributed by atoms with E-state index in [9.17, 15) is 9.59 Å². The van der Waals surface area contributed by atoms with E-state index in [0.29, 0.717) is 6.42 Å². The summed E-state index contributed by atoms with van der Waals surface area (Å²) in [7, 11) is 0. The standard InChI is InChI=1S/C14H26O4S2/c1-4-5-6-7-8-9-12(17-13(15)10(2)19)18-14(16)11(3)20/h10-12,19-20H,4-9H2,1-3H3. The molecule has 6 heteroatoms. The Kier molecular flexibility index (Phi) is 11.1. The molecular formula is C14H26O4S2. The predicted octanol–water partition coefficient (Wildman–Crippen LogP) is 3.40. The summed E-state index contributed by atoms with van der Waals surface area (Å²) in [5.41, 5.74) is 0. The van der Waals surface area contributed by atoms with Crippen LogP contribution in [0.4, 0.5) is 0 Å². The first-order valence-electron chi connectivity index (χ1n) is 7.15. The Morgan fingerprint density at radius 2 is 1.35 bits per heavy atom. The van der Waals surface area contributed by atoms with Crippen molar-refractivity contribution in [2.75, 3.05) is 0 Å². The molecule has 0 rings (SSSR count). The van der Waals surface area contributed by atoms with Crippen molar-refractivity contribution in [1.29, 1.82) is 0 Å². The summed E-state index contributed by atoms with van der Waals surface area (Å²) in [6, 6.07) is 0. The van der Waals surface area contributed by atoms with Gasteiger partial charge >= 0.3 is 11.9 Å². The van der Waals surface area contributed by atoms with E-state index < -0.39 is 28.7 Å². The molecule has 0 amide bonds. The number of unbranched alkanes of at least 4 members (excludes halogenated alkanes) is 4. The van der Waals surface area contributed by atoms with Crippen molar-refractivity contribution in [1.82, 2.24) is 0 Å². The van der Waals surface area contributed by atoms with E-state index in [1.165, 1.54) is 12.8 Å². The zero-order valence-corrected chi connectivity index (χ0v) is 14.3. The fraction of sp³-hybridized carbons (Fsp3) is 0.857. The van der Waals surface area contributed by atoms with Crippen LogP contribution in [-0.4, -0.2) is 28.7 Å². The van der Waals surface area contributed by atoms with Gasteiger partial charge in [-0.05, 0) is 20.3 Å². The van der Waals surface area contributed by atoms with E-state index in [0.717, 1.165) is 19.3 Å². The smallest absolute Gasteiger partial charge is 0.321 e. The van der Waals surface area contributed by atoms with Crippen molar-refractivity contribution in [3.8, 4) is 0 Å². The third-order valence-electron chi connectivity index (χ3n) is 2.72. The fourth-order valence-electron chi connectivity index (χ4n) is 1.51. The van der Waals surface area contributed by atoms with Gasteiger partial charge in [0.25, 0.3) is 0 Å². The van der Waals surface area contributed by atoms with Crippen LogP contribution in [0.25, 0.3) is 0 Å². The first kappa shape index (κ1) is 19.6. The van der Waals surface area contributed by atoms with Gasteiger partial charge in [0, 0.05) is 6.42 Å². The lowest BCUT2D eigenvalue weighted by Crippen LogP contribution is -2.30. The summed E-state index contributed by atoms with van der Waals surface area (Å²) in [6.07, 6.45) is 5.06. The summed E-state index contributed by atoms with van der Waals surface area (Å²) >= 11 is 8.01. The second-order valence-corrected chi connectivity index (χ2v) is 6.41. The summed E-state index contributed by atoms with van der Waals surface area (Å²) in [5.74, 6) is -0.960. The van der Waals surface area contributed by atoms with Gasteiger partial charge in [-0.15, -0.1) is 0 Å². The summed E-state index contributed by atoms with van der Waals surface area (Å²) < 4.78 is 10.3. The van der Waals surface area contributed by atoms with Gasteiger partial charge in [0.05, 0.1) is 10.5 Å². The average Bonchev–Trinajstić information content (AvgIpc) is 2.37. The second-order valence-electron chi connectivity index (χ2n) is 4.86. The van der Waals surface area contributed by atoms with E-state index in [4.69, 9.17) is 9.47 Å². The number of hydrogen-bond acceptors (Lipinski definition) is 6. The van der Waals surface area contributed by atoms with Crippen LogP contribution in [0.3, 0.4) is 0 Å². The Hall–Kier alpha value is -0.360. The van der Waals surface area contributed by atoms with Crippen LogP contribution in [-0.2, 0) is 19.1 Å². The van der Waals surface area contributed by atoms with Crippen molar-refractivity contribution < 1.29 is 19.1 Å². The van der Waals surface area contributed by atoms with Crippen LogP contribution >= 0.6 is 25.3 Å². The molecule has 0 saturated carbocycles. The maximum atomic E-state index is 11.5. The lowest BCUT2D eigenvalue weighted by Gasteiger charge is -2.20. The number of esters is 2. The molecule has 0 saturated heterocycles. The molecule has 2 atom stereocenters. The van der Waals surface area contributed by atoms with E-state index in [2.05, 4.69) is 32.2 Å². The molecule has 20 heavy (non-hydrogen) atoms. The zero-order chi connectivity index (χ0) is 15.5. The van der Waals surface area contributed by atoms with Gasteiger partial charge in [-0.2, -0.15) is 25.3 Å². The van der Waals surface area contributed by atoms with Gasteiger partial charge < -0.3 is 9.47 Å². The molecule has 0 spiro atoms. The van der Waals surface area contributed by atoms with Crippen LogP contribution in [0.5, 0.6) is 0 Å². The topological polar surface area (TPSA) is 52.6 Å². The molecule has 2 unspecified atom stereocenters. The number of rotatable bonds is 10. The number of ether oxygens (including phenoxy) is 2. The van der Waals surface area contributed by atoms with Crippen molar-refractivity contribution in [2.45, 2.75) is 76.1 Å². The molecule has 0 aromatic rings. The number of carbonyl (C=O) groups excluding carboxylic acids is 2. The normalized spacial score (nSPS) is 15.2. The maximum absolute atomic E-state index is 11.5. The minimum Gasteiger partial charge on any atom is -0.424 e. The first-order chi connectivity index (χ1) is 9.38. The Bertz CT molecular complexity index is 271. The van der Waals surface area contributed by atoms with E-state index in [1.807, 2.05) is 0 Å². The minimum atomic E-state index is -0.833. The molecule has 0 fully saturated rings. The largest absolute Gasteiger partial charge is 0.424 e. The van der Waals surface area contributed by atoms with Crippen LogP contribution in [0, 0.1) is 0 Å². The van der Waals surface area contributed by atoms with Crippen molar-refractivity contribution in [3.63, 3.8) is 0 Å². The maximum Gasteiger partial charge on any atom is 0.321 e. The van der Waals surface area contributed by atoms with Crippen LogP contribution in [0.2, 0.25) is 0 Å². The van der Waals surface area contributed by atoms with Crippen molar-refractivity contribution in [3.05, 3.63) is 0 Å². The molecule has 0 aliphatic rings. The second kappa shape index (κ2) is 11.3. The monoisotopic (exact) mass is 322 g/mol. The van der Waals surface area contributed by atoms with Gasteiger partial charge in [0.15, 0.2) is 0 Å². The Labute approximate surface area is 132 Å². The predicted molar refractivity (Wildman–Crippen MR) is 86.2 cm³/mol. The summed E-state index contributed by atoms with van der Waals surface area (Å²) in [4.78, 5) is 23.1. The Morgan fingerprint density at radius 3 is 1.75 bits per heavy atom. The molecule has 0 aromatic carbocycles. The molecule has 0 N–H and O–H groups in total. The third kappa shape index (κ3) is 9.53. The molecule has 4 nitrogen and oxygen atoms in total. The van der Waals surface area contributed by atoms with Gasteiger partial charge in [0.1, 0.15) is 0 Å². The highest BCUT2D eigenvalue weighted by atomic mass is 32.1. The average molecular weight is 322 g/mol.